The number of benzene rings is 3. The maximum atomic E-state index is 13.3. The number of aryl methyl sites for hydroxylation is 1. The minimum atomic E-state index is -3.94. The average Bonchev–Trinajstić information content (AvgIpc) is 3.47. The maximum Gasteiger partial charge on any atom is 0.313 e. The second kappa shape index (κ2) is 14.7. The van der Waals surface area contributed by atoms with Gasteiger partial charge in [-0.3, -0.25) is 14.4 Å². The molecule has 0 saturated heterocycles. The summed E-state index contributed by atoms with van der Waals surface area (Å²) in [5.41, 5.74) is 4.79. The highest BCUT2D eigenvalue weighted by Crippen LogP contribution is 2.16. The number of hydrogen-bond donors (Lipinski definition) is 3. The molecule has 0 unspecified atom stereocenters. The fourth-order valence-corrected chi connectivity index (χ4v) is 5.34. The van der Waals surface area contributed by atoms with Crippen molar-refractivity contribution >= 4 is 39.6 Å². The molecule has 0 aliphatic rings. The molecule has 3 N–H and O–H groups in total. The van der Waals surface area contributed by atoms with Crippen molar-refractivity contribution < 1.29 is 27.2 Å². The van der Waals surface area contributed by atoms with Crippen LogP contribution in [0, 0.1) is 6.92 Å². The summed E-state index contributed by atoms with van der Waals surface area (Å²) in [6, 6.07) is 27.5. The molecule has 0 aliphatic heterocycles. The fraction of sp³-hybridized carbons (Fsp3) is 0.161. The van der Waals surface area contributed by atoms with Gasteiger partial charge in [0, 0.05) is 12.2 Å². The molecule has 3 amide bonds. The molecule has 1 heterocycles. The van der Waals surface area contributed by atoms with E-state index in [0.717, 1.165) is 15.4 Å². The lowest BCUT2D eigenvalue weighted by atomic mass is 10.1. The number of anilines is 1. The summed E-state index contributed by atoms with van der Waals surface area (Å²) in [6.45, 7) is 1.51. The Bertz CT molecular complexity index is 1670. The Kier molecular flexibility index (Phi) is 10.6. The van der Waals surface area contributed by atoms with Crippen molar-refractivity contribution in [2.24, 2.45) is 5.10 Å². The molecule has 0 aliphatic carbocycles. The van der Waals surface area contributed by atoms with Gasteiger partial charge in [-0.25, -0.2) is 13.8 Å². The molecule has 1 aromatic heterocycles. The summed E-state index contributed by atoms with van der Waals surface area (Å²) in [7, 11) is -3.94. The van der Waals surface area contributed by atoms with Crippen molar-refractivity contribution in [1.82, 2.24) is 15.0 Å². The van der Waals surface area contributed by atoms with Crippen molar-refractivity contribution in [2.75, 3.05) is 18.4 Å². The third-order valence-corrected chi connectivity index (χ3v) is 8.06. The van der Waals surface area contributed by atoms with E-state index in [9.17, 15) is 22.8 Å². The van der Waals surface area contributed by atoms with Gasteiger partial charge < -0.3 is 15.1 Å². The first kappa shape index (κ1) is 30.9. The zero-order chi connectivity index (χ0) is 30.7. The van der Waals surface area contributed by atoms with E-state index in [0.29, 0.717) is 17.9 Å². The molecule has 4 aromatic rings. The second-order valence-corrected chi connectivity index (χ2v) is 11.4. The Labute approximate surface area is 249 Å². The fourth-order valence-electron chi connectivity index (χ4n) is 3.92. The van der Waals surface area contributed by atoms with Crippen molar-refractivity contribution in [3.63, 3.8) is 0 Å². The highest BCUT2D eigenvalue weighted by atomic mass is 32.2. The van der Waals surface area contributed by atoms with E-state index in [1.54, 1.807) is 42.5 Å². The molecule has 12 heteroatoms. The average molecular weight is 602 g/mol. The van der Waals surface area contributed by atoms with E-state index in [4.69, 9.17) is 4.42 Å². The summed E-state index contributed by atoms with van der Waals surface area (Å²) in [5, 5.41) is 8.85. The topological polar surface area (TPSA) is 150 Å². The van der Waals surface area contributed by atoms with E-state index < -0.39 is 34.3 Å². The van der Waals surface area contributed by atoms with Crippen molar-refractivity contribution in [3.8, 4) is 0 Å². The van der Waals surface area contributed by atoms with E-state index >= 15 is 0 Å². The molecule has 0 radical (unpaired) electrons. The number of furan rings is 1. The first-order valence-electron chi connectivity index (χ1n) is 13.4. The largest absolute Gasteiger partial charge is 0.458 e. The number of sulfonamides is 1. The second-order valence-electron chi connectivity index (χ2n) is 9.49. The standard InChI is InChI=1S/C31H31N5O6S/c1-23-12-14-25(15-13-23)34-31(39)30(38)32-20-26-16-17-27(42-26)21-33-35-29(37)22-36(19-18-24-8-4-2-5-9-24)43(40,41)28-10-6-3-7-11-28/h2-17,21H,18-20,22H2,1H3,(H,32,38)(H,34,39)(H,35,37)/b33-21-. The molecule has 0 spiro atoms. The van der Waals surface area contributed by atoms with Crippen molar-refractivity contribution in [3.05, 3.63) is 120 Å². The SMILES string of the molecule is Cc1ccc(NC(=O)C(=O)NCc2ccc(/C=N\NC(=O)CN(CCc3ccccc3)S(=O)(=O)c3ccccc3)o2)cc1. The smallest absolute Gasteiger partial charge is 0.313 e. The number of rotatable bonds is 12. The van der Waals surface area contributed by atoms with Crippen LogP contribution in [-0.4, -0.2) is 49.7 Å². The van der Waals surface area contributed by atoms with Crippen LogP contribution in [0.3, 0.4) is 0 Å². The lowest BCUT2D eigenvalue weighted by Gasteiger charge is -2.21. The zero-order valence-electron chi connectivity index (χ0n) is 23.4. The van der Waals surface area contributed by atoms with Gasteiger partial charge in [-0.05, 0) is 55.3 Å². The van der Waals surface area contributed by atoms with Crippen LogP contribution in [0.1, 0.15) is 22.6 Å². The number of carbonyl (C=O) groups is 3. The number of carbonyl (C=O) groups excluding carboxylic acids is 3. The van der Waals surface area contributed by atoms with Gasteiger partial charge in [-0.2, -0.15) is 9.41 Å². The summed E-state index contributed by atoms with van der Waals surface area (Å²) in [4.78, 5) is 37.0. The van der Waals surface area contributed by atoms with E-state index in [1.165, 1.54) is 18.3 Å². The molecule has 11 nitrogen and oxygen atoms in total. The molecule has 3 aromatic carbocycles. The molecule has 4 rings (SSSR count). The molecule has 0 atom stereocenters. The number of hydrogen-bond acceptors (Lipinski definition) is 7. The van der Waals surface area contributed by atoms with Crippen molar-refractivity contribution in [1.29, 1.82) is 0 Å². The van der Waals surface area contributed by atoms with Gasteiger partial charge in [-0.1, -0.05) is 66.2 Å². The molecule has 0 bridgehead atoms. The lowest BCUT2D eigenvalue weighted by molar-refractivity contribution is -0.136. The van der Waals surface area contributed by atoms with Crippen LogP contribution in [-0.2, 0) is 37.4 Å². The van der Waals surface area contributed by atoms with Crippen LogP contribution in [0.2, 0.25) is 0 Å². The van der Waals surface area contributed by atoms with Crippen molar-refractivity contribution in [2.45, 2.75) is 24.8 Å². The summed E-state index contributed by atoms with van der Waals surface area (Å²) < 4.78 is 33.2. The summed E-state index contributed by atoms with van der Waals surface area (Å²) in [5.74, 6) is -1.66. The highest BCUT2D eigenvalue weighted by molar-refractivity contribution is 7.89. The molecule has 43 heavy (non-hydrogen) atoms. The molecular formula is C31H31N5O6S. The minimum absolute atomic E-state index is 0.0475. The van der Waals surface area contributed by atoms with Crippen LogP contribution >= 0.6 is 0 Å². The van der Waals surface area contributed by atoms with Gasteiger partial charge in [0.15, 0.2) is 0 Å². The van der Waals surface area contributed by atoms with Gasteiger partial charge in [0.1, 0.15) is 11.5 Å². The van der Waals surface area contributed by atoms with Gasteiger partial charge in [0.05, 0.1) is 24.2 Å². The number of hydrazone groups is 1. The molecular weight excluding hydrogens is 570 g/mol. The van der Waals surface area contributed by atoms with Gasteiger partial charge >= 0.3 is 11.8 Å². The summed E-state index contributed by atoms with van der Waals surface area (Å²) >= 11 is 0. The number of nitrogens with zero attached hydrogens (tertiary/aromatic N) is 2. The quantitative estimate of drug-likeness (QED) is 0.129. The Morgan fingerprint density at radius 3 is 2.23 bits per heavy atom. The van der Waals surface area contributed by atoms with Gasteiger partial charge in [0.2, 0.25) is 10.0 Å². The molecule has 0 fully saturated rings. The molecule has 0 saturated carbocycles. The van der Waals surface area contributed by atoms with Crippen LogP contribution in [0.25, 0.3) is 0 Å². The Balaban J connectivity index is 1.29. The zero-order valence-corrected chi connectivity index (χ0v) is 24.2. The van der Waals surface area contributed by atoms with Gasteiger partial charge in [0.25, 0.3) is 5.91 Å². The lowest BCUT2D eigenvalue weighted by Crippen LogP contribution is -2.40. The number of nitrogens with one attached hydrogen (secondary N) is 3. The Morgan fingerprint density at radius 2 is 1.53 bits per heavy atom. The van der Waals surface area contributed by atoms with Crippen LogP contribution in [0.15, 0.2) is 111 Å². The van der Waals surface area contributed by atoms with E-state index in [-0.39, 0.29) is 23.7 Å². The Hall–Kier alpha value is -5.07. The maximum absolute atomic E-state index is 13.3. The summed E-state index contributed by atoms with van der Waals surface area (Å²) in [6.07, 6.45) is 1.66. The van der Waals surface area contributed by atoms with Crippen LogP contribution < -0.4 is 16.1 Å². The van der Waals surface area contributed by atoms with Gasteiger partial charge in [-0.15, -0.1) is 0 Å². The highest BCUT2D eigenvalue weighted by Gasteiger charge is 2.26. The van der Waals surface area contributed by atoms with Crippen LogP contribution in [0.4, 0.5) is 5.69 Å². The third-order valence-electron chi connectivity index (χ3n) is 6.20. The monoisotopic (exact) mass is 601 g/mol. The first-order chi connectivity index (χ1) is 20.7. The first-order valence-corrected chi connectivity index (χ1v) is 14.8. The van der Waals surface area contributed by atoms with Crippen LogP contribution in [0.5, 0.6) is 0 Å². The normalized spacial score (nSPS) is 11.4. The van der Waals surface area contributed by atoms with E-state index in [1.807, 2.05) is 49.4 Å². The molecule has 222 valence electrons. The van der Waals surface area contributed by atoms with E-state index in [2.05, 4.69) is 21.2 Å². The predicted molar refractivity (Wildman–Crippen MR) is 161 cm³/mol. The Morgan fingerprint density at radius 1 is 0.860 bits per heavy atom. The third kappa shape index (κ3) is 9.21. The number of amides is 3. The minimum Gasteiger partial charge on any atom is -0.458 e. The predicted octanol–water partition coefficient (Wildman–Crippen LogP) is 3.23.